The zero-order chi connectivity index (χ0) is 12.1. The number of hydrogen-bond acceptors (Lipinski definition) is 3. The van der Waals surface area contributed by atoms with Gasteiger partial charge in [-0.25, -0.2) is 0 Å². The van der Waals surface area contributed by atoms with Gasteiger partial charge in [0.25, 0.3) is 0 Å². The summed E-state index contributed by atoms with van der Waals surface area (Å²) < 4.78 is 0. The van der Waals surface area contributed by atoms with Gasteiger partial charge in [-0.3, -0.25) is 9.89 Å². The maximum Gasteiger partial charge on any atom is 0.242 e. The molecule has 1 aromatic heterocycles. The van der Waals surface area contributed by atoms with Gasteiger partial charge in [0.1, 0.15) is 0 Å². The molecule has 0 aliphatic rings. The first kappa shape index (κ1) is 15.9. The van der Waals surface area contributed by atoms with E-state index in [1.165, 1.54) is 0 Å². The van der Waals surface area contributed by atoms with Crippen LogP contribution in [0.4, 0.5) is 5.82 Å². The van der Waals surface area contributed by atoms with Gasteiger partial charge in [0, 0.05) is 11.8 Å². The summed E-state index contributed by atoms with van der Waals surface area (Å²) in [6.07, 6.45) is 2.23. The number of carbonyl (C=O) groups excluding carboxylic acids is 1. The Morgan fingerprint density at radius 1 is 1.59 bits per heavy atom. The standard InChI is InChI=1S/C11H20N4O.ClH/c1-4-5-7(2)9-6-10(15-14-9)13-11(16)8(3)12;/h6-8H,4-5,12H2,1-3H3,(H2,13,14,15,16);1H. The predicted molar refractivity (Wildman–Crippen MR) is 71.4 cm³/mol. The van der Waals surface area contributed by atoms with E-state index in [4.69, 9.17) is 5.73 Å². The Labute approximate surface area is 108 Å². The van der Waals surface area contributed by atoms with E-state index in [2.05, 4.69) is 29.4 Å². The molecule has 1 rings (SSSR count). The summed E-state index contributed by atoms with van der Waals surface area (Å²) in [6, 6.07) is 1.34. The first-order valence-corrected chi connectivity index (χ1v) is 5.66. The number of rotatable bonds is 5. The summed E-state index contributed by atoms with van der Waals surface area (Å²) in [7, 11) is 0. The molecule has 0 radical (unpaired) electrons. The monoisotopic (exact) mass is 260 g/mol. The molecular weight excluding hydrogens is 240 g/mol. The summed E-state index contributed by atoms with van der Waals surface area (Å²) in [5, 5.41) is 9.61. The van der Waals surface area contributed by atoms with Crippen LogP contribution in [-0.4, -0.2) is 22.1 Å². The maximum atomic E-state index is 11.3. The molecule has 2 unspecified atom stereocenters. The van der Waals surface area contributed by atoms with Crippen LogP contribution in [0.2, 0.25) is 0 Å². The van der Waals surface area contributed by atoms with E-state index in [0.717, 1.165) is 18.5 Å². The van der Waals surface area contributed by atoms with Gasteiger partial charge in [-0.15, -0.1) is 12.4 Å². The number of H-pyrrole nitrogens is 1. The number of nitrogens with two attached hydrogens (primary N) is 1. The van der Waals surface area contributed by atoms with Crippen LogP contribution in [0.5, 0.6) is 0 Å². The van der Waals surface area contributed by atoms with Gasteiger partial charge in [-0.2, -0.15) is 5.10 Å². The first-order chi connectivity index (χ1) is 7.54. The van der Waals surface area contributed by atoms with Gasteiger partial charge in [0.15, 0.2) is 5.82 Å². The molecule has 98 valence electrons. The van der Waals surface area contributed by atoms with Crippen molar-refractivity contribution in [3.8, 4) is 0 Å². The minimum atomic E-state index is -0.520. The van der Waals surface area contributed by atoms with Gasteiger partial charge >= 0.3 is 0 Å². The third-order valence-electron chi connectivity index (χ3n) is 2.52. The minimum Gasteiger partial charge on any atom is -0.320 e. The maximum absolute atomic E-state index is 11.3. The van der Waals surface area contributed by atoms with E-state index in [1.807, 2.05) is 6.07 Å². The van der Waals surface area contributed by atoms with E-state index in [0.29, 0.717) is 11.7 Å². The van der Waals surface area contributed by atoms with Gasteiger partial charge in [0.05, 0.1) is 6.04 Å². The van der Waals surface area contributed by atoms with Crippen molar-refractivity contribution in [1.82, 2.24) is 10.2 Å². The highest BCUT2D eigenvalue weighted by Crippen LogP contribution is 2.20. The lowest BCUT2D eigenvalue weighted by Crippen LogP contribution is -2.32. The molecule has 0 spiro atoms. The molecule has 1 amide bonds. The summed E-state index contributed by atoms with van der Waals surface area (Å²) in [4.78, 5) is 11.3. The second kappa shape index (κ2) is 7.29. The normalized spacial score (nSPS) is 13.6. The number of nitrogens with zero attached hydrogens (tertiary/aromatic N) is 1. The van der Waals surface area contributed by atoms with Crippen molar-refractivity contribution in [1.29, 1.82) is 0 Å². The van der Waals surface area contributed by atoms with E-state index >= 15 is 0 Å². The molecule has 0 bridgehead atoms. The van der Waals surface area contributed by atoms with E-state index in [1.54, 1.807) is 6.92 Å². The minimum absolute atomic E-state index is 0. The zero-order valence-electron chi connectivity index (χ0n) is 10.5. The number of aromatic amines is 1. The molecule has 4 N–H and O–H groups in total. The molecule has 0 fully saturated rings. The fourth-order valence-corrected chi connectivity index (χ4v) is 1.48. The van der Waals surface area contributed by atoms with E-state index in [9.17, 15) is 4.79 Å². The molecule has 1 heterocycles. The predicted octanol–water partition coefficient (Wildman–Crippen LogP) is 2.02. The van der Waals surface area contributed by atoms with Crippen LogP contribution in [0.1, 0.15) is 45.2 Å². The molecule has 0 saturated heterocycles. The average molecular weight is 261 g/mol. The van der Waals surface area contributed by atoms with Crippen LogP contribution < -0.4 is 11.1 Å². The molecule has 6 heteroatoms. The van der Waals surface area contributed by atoms with E-state index in [-0.39, 0.29) is 18.3 Å². The number of hydrogen-bond donors (Lipinski definition) is 3. The van der Waals surface area contributed by atoms with Crippen LogP contribution in [0, 0.1) is 0 Å². The fourth-order valence-electron chi connectivity index (χ4n) is 1.48. The Kier molecular flexibility index (Phi) is 6.83. The molecule has 1 aromatic rings. The molecular formula is C11H21ClN4O. The second-order valence-electron chi connectivity index (χ2n) is 4.18. The van der Waals surface area contributed by atoms with Crippen molar-refractivity contribution in [2.24, 2.45) is 5.73 Å². The molecule has 2 atom stereocenters. The molecule has 0 aliphatic heterocycles. The number of halogens is 1. The lowest BCUT2D eigenvalue weighted by atomic mass is 10.0. The Morgan fingerprint density at radius 3 is 2.76 bits per heavy atom. The van der Waals surface area contributed by atoms with Crippen molar-refractivity contribution in [3.63, 3.8) is 0 Å². The molecule has 0 aliphatic carbocycles. The Bertz CT molecular complexity index is 351. The van der Waals surface area contributed by atoms with E-state index < -0.39 is 6.04 Å². The van der Waals surface area contributed by atoms with Crippen molar-refractivity contribution in [3.05, 3.63) is 11.8 Å². The van der Waals surface area contributed by atoms with Crippen LogP contribution in [0.3, 0.4) is 0 Å². The Morgan fingerprint density at radius 2 is 2.24 bits per heavy atom. The number of nitrogens with one attached hydrogen (secondary N) is 2. The molecule has 0 saturated carbocycles. The Hall–Kier alpha value is -1.07. The largest absolute Gasteiger partial charge is 0.320 e. The number of anilines is 1. The third kappa shape index (κ3) is 4.75. The van der Waals surface area contributed by atoms with Gasteiger partial charge in [-0.05, 0) is 19.3 Å². The second-order valence-corrected chi connectivity index (χ2v) is 4.18. The van der Waals surface area contributed by atoms with Crippen molar-refractivity contribution >= 4 is 24.1 Å². The van der Waals surface area contributed by atoms with Crippen molar-refractivity contribution in [2.75, 3.05) is 5.32 Å². The van der Waals surface area contributed by atoms with Gasteiger partial charge in [-0.1, -0.05) is 20.3 Å². The quantitative estimate of drug-likeness (QED) is 0.757. The third-order valence-corrected chi connectivity index (χ3v) is 2.52. The average Bonchev–Trinajstić information content (AvgIpc) is 2.66. The molecule has 0 aromatic carbocycles. The van der Waals surface area contributed by atoms with Crippen LogP contribution in [0.25, 0.3) is 0 Å². The fraction of sp³-hybridized carbons (Fsp3) is 0.636. The summed E-state index contributed by atoms with van der Waals surface area (Å²) in [5.41, 5.74) is 6.49. The topological polar surface area (TPSA) is 83.8 Å². The summed E-state index contributed by atoms with van der Waals surface area (Å²) in [5.74, 6) is 0.750. The Balaban J connectivity index is 0.00000256. The smallest absolute Gasteiger partial charge is 0.242 e. The van der Waals surface area contributed by atoms with Crippen molar-refractivity contribution in [2.45, 2.75) is 45.6 Å². The highest BCUT2D eigenvalue weighted by molar-refractivity contribution is 5.93. The first-order valence-electron chi connectivity index (χ1n) is 5.66. The zero-order valence-corrected chi connectivity index (χ0v) is 11.3. The highest BCUT2D eigenvalue weighted by atomic mass is 35.5. The number of carbonyl (C=O) groups is 1. The number of amides is 1. The summed E-state index contributed by atoms with van der Waals surface area (Å²) >= 11 is 0. The highest BCUT2D eigenvalue weighted by Gasteiger charge is 2.12. The van der Waals surface area contributed by atoms with Crippen LogP contribution >= 0.6 is 12.4 Å². The summed E-state index contributed by atoms with van der Waals surface area (Å²) in [6.45, 7) is 5.92. The van der Waals surface area contributed by atoms with Crippen LogP contribution in [-0.2, 0) is 4.79 Å². The molecule has 17 heavy (non-hydrogen) atoms. The van der Waals surface area contributed by atoms with Gasteiger partial charge in [0.2, 0.25) is 5.91 Å². The molecule has 5 nitrogen and oxygen atoms in total. The van der Waals surface area contributed by atoms with Crippen LogP contribution in [0.15, 0.2) is 6.07 Å². The number of aromatic nitrogens is 2. The van der Waals surface area contributed by atoms with Gasteiger partial charge < -0.3 is 11.1 Å². The lowest BCUT2D eigenvalue weighted by Gasteiger charge is -2.05. The van der Waals surface area contributed by atoms with Crippen molar-refractivity contribution < 1.29 is 4.79 Å². The SMILES string of the molecule is CCCC(C)c1cc(NC(=O)C(C)N)n[nH]1.Cl. The lowest BCUT2D eigenvalue weighted by molar-refractivity contribution is -0.117.